The average molecular weight is 649 g/mol. The first kappa shape index (κ1) is 43.8. The topological polar surface area (TPSA) is 113 Å². The van der Waals surface area contributed by atoms with E-state index in [-0.39, 0.29) is 25.6 Å². The van der Waals surface area contributed by atoms with E-state index in [9.17, 15) is 24.9 Å². The predicted octanol–water partition coefficient (Wildman–Crippen LogP) is 8.86. The summed E-state index contributed by atoms with van der Waals surface area (Å²) in [6, 6.07) is 0. The molecule has 0 amide bonds. The Hall–Kier alpha value is -2.22. The van der Waals surface area contributed by atoms with E-state index < -0.39 is 24.3 Å². The molecule has 3 atom stereocenters. The number of allylic oxidation sites excluding steroid dienone is 5. The molecule has 0 rings (SSSR count). The van der Waals surface area contributed by atoms with Crippen molar-refractivity contribution in [3.05, 3.63) is 48.6 Å². The van der Waals surface area contributed by atoms with Crippen molar-refractivity contribution >= 4 is 11.9 Å². The molecule has 0 heterocycles. The SMILES string of the molecule is CCCCC/C=C\C[C@@H](O)/C=C/C=C/C=C\[C@@H](O)CCCC(=O)OC[C@H](O)COC(=O)CCCCCCCCCCCCC(C)C. The van der Waals surface area contributed by atoms with E-state index in [0.717, 1.165) is 31.6 Å². The standard InChI is InChI=1S/C39H68O7/c1-4-5-6-7-15-20-26-35(40)27-21-17-18-22-28-36(41)29-24-31-39(44)46-33-37(42)32-45-38(43)30-23-16-13-11-9-8-10-12-14-19-25-34(2)3/h15,17-18,20-22,27-28,34-37,40-42H,4-14,16,19,23-26,29-33H2,1-3H3/b18-17+,20-15-,27-21+,28-22-/t35-,36-,37-/m1/s1. The van der Waals surface area contributed by atoms with Crippen molar-refractivity contribution in [3.8, 4) is 0 Å². The van der Waals surface area contributed by atoms with E-state index in [4.69, 9.17) is 9.47 Å². The van der Waals surface area contributed by atoms with Crippen LogP contribution in [0.5, 0.6) is 0 Å². The van der Waals surface area contributed by atoms with Gasteiger partial charge in [0.2, 0.25) is 0 Å². The fourth-order valence-corrected chi connectivity index (χ4v) is 4.82. The van der Waals surface area contributed by atoms with Crippen molar-refractivity contribution in [2.45, 2.75) is 167 Å². The molecule has 0 bridgehead atoms. The van der Waals surface area contributed by atoms with Crippen LogP contribution in [0.3, 0.4) is 0 Å². The number of esters is 2. The van der Waals surface area contributed by atoms with Gasteiger partial charge in [-0.3, -0.25) is 9.59 Å². The summed E-state index contributed by atoms with van der Waals surface area (Å²) in [5, 5.41) is 30.0. The van der Waals surface area contributed by atoms with E-state index in [1.165, 1.54) is 70.6 Å². The molecule has 0 aromatic heterocycles. The molecular formula is C39H68O7. The van der Waals surface area contributed by atoms with E-state index >= 15 is 0 Å². The minimum absolute atomic E-state index is 0.124. The fourth-order valence-electron chi connectivity index (χ4n) is 4.82. The molecule has 0 saturated heterocycles. The van der Waals surface area contributed by atoms with Crippen LogP contribution in [-0.4, -0.2) is 58.8 Å². The van der Waals surface area contributed by atoms with Crippen molar-refractivity contribution in [1.29, 1.82) is 0 Å². The highest BCUT2D eigenvalue weighted by Gasteiger charge is 2.12. The molecule has 7 heteroatoms. The van der Waals surface area contributed by atoms with Gasteiger partial charge in [-0.05, 0) is 44.4 Å². The second-order valence-corrected chi connectivity index (χ2v) is 12.9. The van der Waals surface area contributed by atoms with Gasteiger partial charge in [-0.1, -0.05) is 146 Å². The molecule has 0 aliphatic rings. The molecular weight excluding hydrogens is 580 g/mol. The van der Waals surface area contributed by atoms with Crippen LogP contribution >= 0.6 is 0 Å². The monoisotopic (exact) mass is 648 g/mol. The van der Waals surface area contributed by atoms with Gasteiger partial charge in [0.1, 0.15) is 19.3 Å². The van der Waals surface area contributed by atoms with E-state index in [0.29, 0.717) is 25.7 Å². The molecule has 3 N–H and O–H groups in total. The normalized spacial score (nSPS) is 14.2. The molecule has 46 heavy (non-hydrogen) atoms. The van der Waals surface area contributed by atoms with Gasteiger partial charge in [0, 0.05) is 12.8 Å². The number of carbonyl (C=O) groups is 2. The largest absolute Gasteiger partial charge is 0.463 e. The summed E-state index contributed by atoms with van der Waals surface area (Å²) in [5.41, 5.74) is 0. The first-order chi connectivity index (χ1) is 22.2. The van der Waals surface area contributed by atoms with Crippen LogP contribution in [0.4, 0.5) is 0 Å². The highest BCUT2D eigenvalue weighted by atomic mass is 16.6. The molecule has 0 radical (unpaired) electrons. The lowest BCUT2D eigenvalue weighted by molar-refractivity contribution is -0.152. The second kappa shape index (κ2) is 32.7. The van der Waals surface area contributed by atoms with Gasteiger partial charge in [0.25, 0.3) is 0 Å². The zero-order valence-corrected chi connectivity index (χ0v) is 29.5. The van der Waals surface area contributed by atoms with Crippen LogP contribution in [0.2, 0.25) is 0 Å². The summed E-state index contributed by atoms with van der Waals surface area (Å²) >= 11 is 0. The number of aliphatic hydroxyl groups excluding tert-OH is 3. The van der Waals surface area contributed by atoms with E-state index in [1.54, 1.807) is 36.5 Å². The van der Waals surface area contributed by atoms with Gasteiger partial charge < -0.3 is 24.8 Å². The molecule has 0 aliphatic carbocycles. The molecule has 0 unspecified atom stereocenters. The van der Waals surface area contributed by atoms with Gasteiger partial charge in [-0.15, -0.1) is 0 Å². The molecule has 266 valence electrons. The number of carbonyl (C=O) groups excluding carboxylic acids is 2. The number of hydrogen-bond donors (Lipinski definition) is 3. The summed E-state index contributed by atoms with van der Waals surface area (Å²) < 4.78 is 10.2. The second-order valence-electron chi connectivity index (χ2n) is 12.9. The Labute approximate surface area is 281 Å². The lowest BCUT2D eigenvalue weighted by Crippen LogP contribution is -2.25. The summed E-state index contributed by atoms with van der Waals surface area (Å²) in [7, 11) is 0. The maximum atomic E-state index is 11.9. The fraction of sp³-hybridized carbons (Fsp3) is 0.744. The molecule has 0 aromatic carbocycles. The minimum atomic E-state index is -1.05. The molecule has 0 fully saturated rings. The highest BCUT2D eigenvalue weighted by Crippen LogP contribution is 2.14. The molecule has 0 saturated carbocycles. The molecule has 0 aromatic rings. The zero-order chi connectivity index (χ0) is 34.1. The van der Waals surface area contributed by atoms with Crippen molar-refractivity contribution < 1.29 is 34.4 Å². The Kier molecular flexibility index (Phi) is 31.1. The molecule has 0 aliphatic heterocycles. The predicted molar refractivity (Wildman–Crippen MR) is 189 cm³/mol. The van der Waals surface area contributed by atoms with Gasteiger partial charge in [-0.25, -0.2) is 0 Å². The van der Waals surface area contributed by atoms with Crippen LogP contribution in [0.25, 0.3) is 0 Å². The Morgan fingerprint density at radius 2 is 1.11 bits per heavy atom. The first-order valence-corrected chi connectivity index (χ1v) is 18.3. The summed E-state index contributed by atoms with van der Waals surface area (Å²) in [5.74, 6) is 0.0117. The zero-order valence-electron chi connectivity index (χ0n) is 29.5. The molecule has 7 nitrogen and oxygen atoms in total. The number of ether oxygens (including phenoxy) is 2. The minimum Gasteiger partial charge on any atom is -0.463 e. The van der Waals surface area contributed by atoms with E-state index in [2.05, 4.69) is 26.8 Å². The summed E-state index contributed by atoms with van der Waals surface area (Å²) in [4.78, 5) is 23.9. The number of unbranched alkanes of at least 4 members (excludes halogenated alkanes) is 12. The van der Waals surface area contributed by atoms with Gasteiger partial charge in [0.05, 0.1) is 12.2 Å². The van der Waals surface area contributed by atoms with Crippen molar-refractivity contribution in [2.75, 3.05) is 13.2 Å². The summed E-state index contributed by atoms with van der Waals surface area (Å²) in [6.07, 6.45) is 32.3. The van der Waals surface area contributed by atoms with Gasteiger partial charge in [0.15, 0.2) is 0 Å². The third-order valence-electron chi connectivity index (χ3n) is 7.69. The van der Waals surface area contributed by atoms with Crippen LogP contribution in [0.15, 0.2) is 48.6 Å². The Balaban J connectivity index is 3.75. The number of hydrogen-bond acceptors (Lipinski definition) is 7. The van der Waals surface area contributed by atoms with Crippen molar-refractivity contribution in [2.24, 2.45) is 5.92 Å². The Bertz CT molecular complexity index is 830. The smallest absolute Gasteiger partial charge is 0.305 e. The van der Waals surface area contributed by atoms with Crippen LogP contribution in [0.1, 0.15) is 149 Å². The van der Waals surface area contributed by atoms with Gasteiger partial charge >= 0.3 is 11.9 Å². The highest BCUT2D eigenvalue weighted by molar-refractivity contribution is 5.69. The number of aliphatic hydroxyl groups is 3. The lowest BCUT2D eigenvalue weighted by Gasteiger charge is -2.12. The average Bonchev–Trinajstić information content (AvgIpc) is 3.02. The quantitative estimate of drug-likeness (QED) is 0.0298. The lowest BCUT2D eigenvalue weighted by atomic mass is 10.0. The summed E-state index contributed by atoms with van der Waals surface area (Å²) in [6.45, 7) is 6.33. The maximum Gasteiger partial charge on any atom is 0.305 e. The molecule has 0 spiro atoms. The van der Waals surface area contributed by atoms with Crippen LogP contribution < -0.4 is 0 Å². The third kappa shape index (κ3) is 33.2. The van der Waals surface area contributed by atoms with Crippen LogP contribution in [-0.2, 0) is 19.1 Å². The van der Waals surface area contributed by atoms with E-state index in [1.807, 2.05) is 6.08 Å². The van der Waals surface area contributed by atoms with Crippen LogP contribution in [0, 0.1) is 5.92 Å². The maximum absolute atomic E-state index is 11.9. The first-order valence-electron chi connectivity index (χ1n) is 18.3. The van der Waals surface area contributed by atoms with Crippen molar-refractivity contribution in [3.63, 3.8) is 0 Å². The third-order valence-corrected chi connectivity index (χ3v) is 7.69. The van der Waals surface area contributed by atoms with Crippen molar-refractivity contribution in [1.82, 2.24) is 0 Å². The van der Waals surface area contributed by atoms with Gasteiger partial charge in [-0.2, -0.15) is 0 Å². The Morgan fingerprint density at radius 1 is 0.587 bits per heavy atom. The Morgan fingerprint density at radius 3 is 1.67 bits per heavy atom. The number of rotatable bonds is 31.